The number of halogens is 1. The molecule has 0 bridgehead atoms. The summed E-state index contributed by atoms with van der Waals surface area (Å²) in [5.41, 5.74) is 0. The third-order valence-electron chi connectivity index (χ3n) is 1.12. The van der Waals surface area contributed by atoms with Crippen LogP contribution in [0.1, 0.15) is 11.8 Å². The van der Waals surface area contributed by atoms with E-state index >= 15 is 0 Å². The molecule has 0 aliphatic rings. The maximum atomic E-state index is 11.2. The van der Waals surface area contributed by atoms with Crippen molar-refractivity contribution in [2.24, 2.45) is 0 Å². The van der Waals surface area contributed by atoms with Crippen molar-refractivity contribution in [3.63, 3.8) is 0 Å². The van der Waals surface area contributed by atoms with E-state index in [2.05, 4.69) is 4.98 Å². The minimum absolute atomic E-state index is 0.457. The van der Waals surface area contributed by atoms with Gasteiger partial charge >= 0.3 is 0 Å². The topological polar surface area (TPSA) is 30.0 Å². The molecule has 1 heterocycles. The van der Waals surface area contributed by atoms with Gasteiger partial charge in [0.2, 0.25) is 0 Å². The minimum Gasteiger partial charge on any atom is -0.252 e. The number of rotatable bonds is 3. The molecule has 5 heteroatoms. The predicted molar refractivity (Wildman–Crippen MR) is 48.6 cm³/mol. The summed E-state index contributed by atoms with van der Waals surface area (Å²) in [6.07, 6.45) is 1.68. The molecular formula is C6H8ClNOS2. The highest BCUT2D eigenvalue weighted by Gasteiger charge is 2.05. The van der Waals surface area contributed by atoms with Gasteiger partial charge in [-0.2, -0.15) is 0 Å². The number of thiazole rings is 1. The van der Waals surface area contributed by atoms with E-state index in [-0.39, 0.29) is 0 Å². The fraction of sp³-hybridized carbons (Fsp3) is 0.500. The van der Waals surface area contributed by atoms with Crippen molar-refractivity contribution in [3.05, 3.63) is 11.1 Å². The molecule has 0 aliphatic heterocycles. The Kier molecular flexibility index (Phi) is 3.48. The molecule has 0 N–H and O–H groups in total. The summed E-state index contributed by atoms with van der Waals surface area (Å²) < 4.78 is 11.8. The van der Waals surface area contributed by atoms with Crippen LogP contribution in [0.15, 0.2) is 10.5 Å². The second-order valence-electron chi connectivity index (χ2n) is 1.86. The summed E-state index contributed by atoms with van der Waals surface area (Å²) in [7, 11) is -0.922. The molecule has 1 unspecified atom stereocenters. The molecule has 0 saturated heterocycles. The molecule has 0 radical (unpaired) electrons. The molecule has 2 nitrogen and oxygen atoms in total. The van der Waals surface area contributed by atoms with Crippen LogP contribution in [0.25, 0.3) is 0 Å². The fourth-order valence-corrected chi connectivity index (χ4v) is 2.77. The smallest absolute Gasteiger partial charge is 0.180 e. The van der Waals surface area contributed by atoms with Crippen LogP contribution in [0, 0.1) is 0 Å². The van der Waals surface area contributed by atoms with Crippen LogP contribution >= 0.6 is 22.9 Å². The zero-order chi connectivity index (χ0) is 8.27. The Morgan fingerprint density at radius 1 is 1.82 bits per heavy atom. The lowest BCUT2D eigenvalue weighted by molar-refractivity contribution is 0.683. The molecular weight excluding hydrogens is 202 g/mol. The maximum absolute atomic E-state index is 11.2. The molecule has 0 fully saturated rings. The van der Waals surface area contributed by atoms with Gasteiger partial charge < -0.3 is 0 Å². The molecule has 1 atom stereocenters. The molecule has 0 aromatic carbocycles. The molecule has 1 aromatic rings. The standard InChI is InChI=1S/C6H8ClNOS2/c1-2-11(9)6-8-4-5(3-7)10-6/h4H,2-3H2,1H3. The van der Waals surface area contributed by atoms with Crippen LogP contribution in [-0.4, -0.2) is 14.9 Å². The van der Waals surface area contributed by atoms with Gasteiger partial charge in [0.1, 0.15) is 0 Å². The van der Waals surface area contributed by atoms with Crippen molar-refractivity contribution >= 4 is 33.7 Å². The van der Waals surface area contributed by atoms with E-state index in [1.54, 1.807) is 6.20 Å². The summed E-state index contributed by atoms with van der Waals surface area (Å²) >= 11 is 6.98. The van der Waals surface area contributed by atoms with Crippen molar-refractivity contribution in [3.8, 4) is 0 Å². The van der Waals surface area contributed by atoms with Gasteiger partial charge in [0.25, 0.3) is 0 Å². The van der Waals surface area contributed by atoms with Crippen molar-refractivity contribution in [1.29, 1.82) is 0 Å². The Morgan fingerprint density at radius 2 is 2.55 bits per heavy atom. The molecule has 0 spiro atoms. The van der Waals surface area contributed by atoms with Crippen molar-refractivity contribution in [2.45, 2.75) is 17.1 Å². The van der Waals surface area contributed by atoms with E-state index < -0.39 is 10.8 Å². The lowest BCUT2D eigenvalue weighted by Crippen LogP contribution is -1.91. The van der Waals surface area contributed by atoms with Gasteiger partial charge in [-0.3, -0.25) is 4.21 Å². The van der Waals surface area contributed by atoms with Gasteiger partial charge in [-0.15, -0.1) is 22.9 Å². The molecule has 0 saturated carbocycles. The quantitative estimate of drug-likeness (QED) is 0.713. The number of hydrogen-bond acceptors (Lipinski definition) is 3. The molecule has 1 rings (SSSR count). The van der Waals surface area contributed by atoms with Gasteiger partial charge in [-0.05, 0) is 0 Å². The molecule has 62 valence electrons. The summed E-state index contributed by atoms with van der Waals surface area (Å²) in [5.74, 6) is 1.08. The van der Waals surface area contributed by atoms with E-state index in [1.165, 1.54) is 11.3 Å². The zero-order valence-corrected chi connectivity index (χ0v) is 8.43. The van der Waals surface area contributed by atoms with Crippen LogP contribution in [0.3, 0.4) is 0 Å². The summed E-state index contributed by atoms with van der Waals surface area (Å²) in [4.78, 5) is 4.97. The Morgan fingerprint density at radius 3 is 3.00 bits per heavy atom. The van der Waals surface area contributed by atoms with Gasteiger partial charge in [0, 0.05) is 16.8 Å². The Balaban J connectivity index is 2.80. The van der Waals surface area contributed by atoms with Gasteiger partial charge in [0.05, 0.1) is 16.7 Å². The molecule has 0 amide bonds. The van der Waals surface area contributed by atoms with Crippen molar-refractivity contribution in [2.75, 3.05) is 5.75 Å². The Bertz CT molecular complexity index is 261. The first-order chi connectivity index (χ1) is 5.27. The van der Waals surface area contributed by atoms with Crippen LogP contribution < -0.4 is 0 Å². The highest BCUT2D eigenvalue weighted by Crippen LogP contribution is 2.17. The van der Waals surface area contributed by atoms with Crippen molar-refractivity contribution in [1.82, 2.24) is 4.98 Å². The molecule has 0 aliphatic carbocycles. The second kappa shape index (κ2) is 4.18. The number of aromatic nitrogens is 1. The predicted octanol–water partition coefficient (Wildman–Crippen LogP) is 2.01. The highest BCUT2D eigenvalue weighted by molar-refractivity contribution is 7.87. The number of nitrogens with zero attached hydrogens (tertiary/aromatic N) is 1. The van der Waals surface area contributed by atoms with E-state index in [9.17, 15) is 4.21 Å². The largest absolute Gasteiger partial charge is 0.252 e. The lowest BCUT2D eigenvalue weighted by atomic mass is 10.6. The molecule has 1 aromatic heterocycles. The van der Waals surface area contributed by atoms with Gasteiger partial charge in [-0.1, -0.05) is 6.92 Å². The average molecular weight is 210 g/mol. The fourth-order valence-electron chi connectivity index (χ4n) is 0.580. The Hall–Kier alpha value is 0.0700. The lowest BCUT2D eigenvalue weighted by Gasteiger charge is -1.88. The van der Waals surface area contributed by atoms with Gasteiger partial charge in [0.15, 0.2) is 4.34 Å². The number of alkyl halides is 1. The minimum atomic E-state index is -0.922. The van der Waals surface area contributed by atoms with Crippen LogP contribution in [-0.2, 0) is 16.7 Å². The summed E-state index contributed by atoms with van der Waals surface area (Å²) in [5, 5.41) is 0. The van der Waals surface area contributed by atoms with E-state index in [0.717, 1.165) is 4.88 Å². The summed E-state index contributed by atoms with van der Waals surface area (Å²) in [6.45, 7) is 1.87. The second-order valence-corrected chi connectivity index (χ2v) is 5.16. The van der Waals surface area contributed by atoms with E-state index in [1.807, 2.05) is 6.92 Å². The first-order valence-corrected chi connectivity index (χ1v) is 5.84. The highest BCUT2D eigenvalue weighted by atomic mass is 35.5. The first kappa shape index (κ1) is 9.16. The normalized spacial score (nSPS) is 13.3. The zero-order valence-electron chi connectivity index (χ0n) is 6.04. The van der Waals surface area contributed by atoms with Crippen LogP contribution in [0.4, 0.5) is 0 Å². The third-order valence-corrected chi connectivity index (χ3v) is 4.19. The Labute approximate surface area is 77.1 Å². The SMILES string of the molecule is CCS(=O)c1ncc(CCl)s1. The maximum Gasteiger partial charge on any atom is 0.180 e. The average Bonchev–Trinajstić information content (AvgIpc) is 2.50. The van der Waals surface area contributed by atoms with E-state index in [0.29, 0.717) is 16.0 Å². The molecule has 11 heavy (non-hydrogen) atoms. The van der Waals surface area contributed by atoms with Crippen molar-refractivity contribution < 1.29 is 4.21 Å². The third kappa shape index (κ3) is 2.25. The van der Waals surface area contributed by atoms with Gasteiger partial charge in [-0.25, -0.2) is 4.98 Å². The van der Waals surface area contributed by atoms with Crippen LogP contribution in [0.2, 0.25) is 0 Å². The first-order valence-electron chi connectivity index (χ1n) is 3.17. The van der Waals surface area contributed by atoms with E-state index in [4.69, 9.17) is 11.6 Å². The summed E-state index contributed by atoms with van der Waals surface area (Å²) in [6, 6.07) is 0. The number of hydrogen-bond donors (Lipinski definition) is 0. The van der Waals surface area contributed by atoms with Crippen LogP contribution in [0.5, 0.6) is 0 Å². The monoisotopic (exact) mass is 209 g/mol.